The molecule has 2 N–H and O–H groups in total. The van der Waals surface area contributed by atoms with Crippen molar-refractivity contribution in [1.29, 1.82) is 0 Å². The molecule has 0 aliphatic carbocycles. The van der Waals surface area contributed by atoms with Gasteiger partial charge in [0.2, 0.25) is 5.52 Å². The molecule has 6 heteroatoms. The minimum absolute atomic E-state index is 0.147. The molecule has 0 fully saturated rings. The quantitative estimate of drug-likeness (QED) is 0.626. The van der Waals surface area contributed by atoms with Crippen molar-refractivity contribution < 1.29 is 4.92 Å². The lowest BCUT2D eigenvalue weighted by atomic mass is 10.1. The number of hydrogen-bond acceptors (Lipinski definition) is 5. The summed E-state index contributed by atoms with van der Waals surface area (Å²) in [5, 5.41) is 17.5. The molecule has 0 spiro atoms. The Morgan fingerprint density at radius 1 is 1.24 bits per heavy atom. The zero-order valence-corrected chi connectivity index (χ0v) is 9.52. The van der Waals surface area contributed by atoms with E-state index in [0.717, 1.165) is 16.8 Å². The van der Waals surface area contributed by atoms with Crippen molar-refractivity contribution in [3.8, 4) is 0 Å². The van der Waals surface area contributed by atoms with Crippen molar-refractivity contribution in [2.45, 2.75) is 0 Å². The van der Waals surface area contributed by atoms with Gasteiger partial charge in [0.15, 0.2) is 0 Å². The fourth-order valence-electron chi connectivity index (χ4n) is 1.66. The Morgan fingerprint density at radius 2 is 2.00 bits per heavy atom. The van der Waals surface area contributed by atoms with Crippen LogP contribution in [0, 0.1) is 10.1 Å². The number of rotatable bonds is 3. The van der Waals surface area contributed by atoms with Gasteiger partial charge < -0.3 is 20.7 Å². The van der Waals surface area contributed by atoms with Gasteiger partial charge in [-0.05, 0) is 28.1 Å². The van der Waals surface area contributed by atoms with Crippen LogP contribution in [0.4, 0.5) is 17.2 Å². The molecular formula is C11H12N4O2. The van der Waals surface area contributed by atoms with E-state index in [9.17, 15) is 10.1 Å². The van der Waals surface area contributed by atoms with Gasteiger partial charge in [0.1, 0.15) is 0 Å². The van der Waals surface area contributed by atoms with E-state index in [2.05, 4.69) is 15.6 Å². The van der Waals surface area contributed by atoms with Gasteiger partial charge in [-0.3, -0.25) is 0 Å². The van der Waals surface area contributed by atoms with Gasteiger partial charge >= 0.3 is 5.82 Å². The minimum Gasteiger partial charge on any atom is -0.388 e. The summed E-state index contributed by atoms with van der Waals surface area (Å²) in [6, 6.07) is 6.86. The maximum Gasteiger partial charge on any atom is 0.364 e. The molecule has 1 heterocycles. The van der Waals surface area contributed by atoms with Crippen LogP contribution in [0.1, 0.15) is 0 Å². The standard InChI is InChI=1S/C11H12N4O2/c1-12-8-5-7-3-4-10(15(16)17)14-11(7)9(6-8)13-2/h3-6,12-13H,1-2H3. The molecule has 1 aromatic carbocycles. The Labute approximate surface area is 97.8 Å². The number of anilines is 2. The number of fused-ring (bicyclic) bond motifs is 1. The number of nitrogens with one attached hydrogen (secondary N) is 2. The SMILES string of the molecule is CNc1cc(NC)c2nc([N+](=O)[O-])ccc2c1. The molecule has 0 unspecified atom stereocenters. The van der Waals surface area contributed by atoms with Crippen LogP contribution in [0.25, 0.3) is 10.9 Å². The van der Waals surface area contributed by atoms with Gasteiger partial charge in [0.05, 0.1) is 5.69 Å². The zero-order chi connectivity index (χ0) is 12.4. The Morgan fingerprint density at radius 3 is 2.59 bits per heavy atom. The Balaban J connectivity index is 2.71. The average molecular weight is 232 g/mol. The average Bonchev–Trinajstić information content (AvgIpc) is 2.36. The van der Waals surface area contributed by atoms with Crippen LogP contribution in [-0.2, 0) is 0 Å². The van der Waals surface area contributed by atoms with Crippen molar-refractivity contribution >= 4 is 28.1 Å². The lowest BCUT2D eigenvalue weighted by Gasteiger charge is -2.06. The molecular weight excluding hydrogens is 220 g/mol. The number of benzene rings is 1. The van der Waals surface area contributed by atoms with Gasteiger partial charge in [-0.25, -0.2) is 0 Å². The molecule has 2 aromatic rings. The molecule has 0 aliphatic heterocycles. The van der Waals surface area contributed by atoms with Gasteiger partial charge in [-0.1, -0.05) is 0 Å². The highest BCUT2D eigenvalue weighted by atomic mass is 16.6. The molecule has 0 amide bonds. The second-order valence-electron chi connectivity index (χ2n) is 3.52. The predicted octanol–water partition coefficient (Wildman–Crippen LogP) is 2.23. The van der Waals surface area contributed by atoms with Crippen LogP contribution in [0.3, 0.4) is 0 Å². The van der Waals surface area contributed by atoms with Crippen molar-refractivity contribution in [2.24, 2.45) is 0 Å². The first kappa shape index (κ1) is 11.1. The van der Waals surface area contributed by atoms with Crippen molar-refractivity contribution in [2.75, 3.05) is 24.7 Å². The Bertz CT molecular complexity index is 583. The minimum atomic E-state index is -0.495. The lowest BCUT2D eigenvalue weighted by molar-refractivity contribution is -0.389. The highest BCUT2D eigenvalue weighted by Crippen LogP contribution is 2.27. The van der Waals surface area contributed by atoms with Crippen LogP contribution in [0.5, 0.6) is 0 Å². The largest absolute Gasteiger partial charge is 0.388 e. The summed E-state index contributed by atoms with van der Waals surface area (Å²) >= 11 is 0. The molecule has 0 saturated carbocycles. The molecule has 6 nitrogen and oxygen atoms in total. The summed E-state index contributed by atoms with van der Waals surface area (Å²) in [4.78, 5) is 14.2. The number of nitrogens with zero attached hydrogens (tertiary/aromatic N) is 2. The molecule has 2 rings (SSSR count). The van der Waals surface area contributed by atoms with Crippen molar-refractivity contribution in [3.63, 3.8) is 0 Å². The number of nitro groups is 1. The molecule has 0 bridgehead atoms. The van der Waals surface area contributed by atoms with Crippen LogP contribution in [-0.4, -0.2) is 24.0 Å². The topological polar surface area (TPSA) is 80.1 Å². The summed E-state index contributed by atoms with van der Waals surface area (Å²) < 4.78 is 0. The summed E-state index contributed by atoms with van der Waals surface area (Å²) in [5.41, 5.74) is 2.29. The molecule has 17 heavy (non-hydrogen) atoms. The first-order valence-corrected chi connectivity index (χ1v) is 5.10. The second-order valence-corrected chi connectivity index (χ2v) is 3.52. The Hall–Kier alpha value is -2.37. The Kier molecular flexibility index (Phi) is 2.78. The van der Waals surface area contributed by atoms with Crippen LogP contribution >= 0.6 is 0 Å². The van der Waals surface area contributed by atoms with E-state index >= 15 is 0 Å². The molecule has 0 aliphatic rings. The summed E-state index contributed by atoms with van der Waals surface area (Å²) in [7, 11) is 3.58. The first-order valence-electron chi connectivity index (χ1n) is 5.10. The van der Waals surface area contributed by atoms with Crippen molar-refractivity contribution in [1.82, 2.24) is 4.98 Å². The number of pyridine rings is 1. The van der Waals surface area contributed by atoms with Gasteiger partial charge in [0, 0.05) is 31.2 Å². The van der Waals surface area contributed by atoms with Crippen LogP contribution in [0.2, 0.25) is 0 Å². The van der Waals surface area contributed by atoms with E-state index in [1.807, 2.05) is 19.2 Å². The molecule has 88 valence electrons. The van der Waals surface area contributed by atoms with Crippen LogP contribution < -0.4 is 10.6 Å². The molecule has 0 saturated heterocycles. The van der Waals surface area contributed by atoms with Crippen molar-refractivity contribution in [3.05, 3.63) is 34.4 Å². The van der Waals surface area contributed by atoms with E-state index in [4.69, 9.17) is 0 Å². The van der Waals surface area contributed by atoms with E-state index < -0.39 is 4.92 Å². The monoisotopic (exact) mass is 232 g/mol. The maximum atomic E-state index is 10.7. The summed E-state index contributed by atoms with van der Waals surface area (Å²) in [6.45, 7) is 0. The third kappa shape index (κ3) is 1.96. The smallest absolute Gasteiger partial charge is 0.364 e. The third-order valence-electron chi connectivity index (χ3n) is 2.52. The van der Waals surface area contributed by atoms with E-state index in [0.29, 0.717) is 5.52 Å². The third-order valence-corrected chi connectivity index (χ3v) is 2.52. The fourth-order valence-corrected chi connectivity index (χ4v) is 1.66. The highest BCUT2D eigenvalue weighted by molar-refractivity contribution is 5.94. The van der Waals surface area contributed by atoms with E-state index in [-0.39, 0.29) is 5.82 Å². The van der Waals surface area contributed by atoms with E-state index in [1.165, 1.54) is 6.07 Å². The summed E-state index contributed by atoms with van der Waals surface area (Å²) in [5.74, 6) is -0.147. The van der Waals surface area contributed by atoms with Crippen LogP contribution in [0.15, 0.2) is 24.3 Å². The second kappa shape index (κ2) is 4.25. The maximum absolute atomic E-state index is 10.7. The first-order chi connectivity index (χ1) is 8.15. The summed E-state index contributed by atoms with van der Waals surface area (Å²) in [6.07, 6.45) is 0. The number of hydrogen-bond donors (Lipinski definition) is 2. The zero-order valence-electron chi connectivity index (χ0n) is 9.52. The highest BCUT2D eigenvalue weighted by Gasteiger charge is 2.13. The number of aromatic nitrogens is 1. The normalized spacial score (nSPS) is 10.2. The molecule has 0 radical (unpaired) electrons. The van der Waals surface area contributed by atoms with Gasteiger partial charge in [-0.15, -0.1) is 0 Å². The fraction of sp³-hybridized carbons (Fsp3) is 0.182. The van der Waals surface area contributed by atoms with E-state index in [1.54, 1.807) is 13.1 Å². The van der Waals surface area contributed by atoms with Gasteiger partial charge in [-0.2, -0.15) is 0 Å². The lowest BCUT2D eigenvalue weighted by Crippen LogP contribution is -1.97. The molecule has 1 aromatic heterocycles. The van der Waals surface area contributed by atoms with Gasteiger partial charge in [0.25, 0.3) is 0 Å². The molecule has 0 atom stereocenters. The predicted molar refractivity (Wildman–Crippen MR) is 67.5 cm³/mol.